The van der Waals surface area contributed by atoms with Crippen LogP contribution < -0.4 is 5.73 Å². The average molecular weight is 245 g/mol. The normalized spacial score (nSPS) is 10.4. The van der Waals surface area contributed by atoms with Crippen LogP contribution in [0.5, 0.6) is 5.75 Å². The van der Waals surface area contributed by atoms with Crippen molar-refractivity contribution in [3.8, 4) is 5.75 Å². The summed E-state index contributed by atoms with van der Waals surface area (Å²) >= 11 is 0. The summed E-state index contributed by atoms with van der Waals surface area (Å²) in [6.07, 6.45) is 0. The zero-order valence-electron chi connectivity index (χ0n) is 9.87. The fraction of sp³-hybridized carbons (Fsp3) is 0.143. The van der Waals surface area contributed by atoms with Crippen molar-refractivity contribution in [2.75, 3.05) is 5.73 Å². The van der Waals surface area contributed by atoms with Gasteiger partial charge in [0.15, 0.2) is 0 Å². The molecular formula is C14H15NO3. The average Bonchev–Trinajstić information content (AvgIpc) is 2.39. The van der Waals surface area contributed by atoms with Crippen molar-refractivity contribution < 1.29 is 14.9 Å². The fourth-order valence-corrected chi connectivity index (χ4v) is 1.46. The lowest BCUT2D eigenvalue weighted by Gasteiger charge is -2.06. The molecular weight excluding hydrogens is 230 g/mol. The highest BCUT2D eigenvalue weighted by Crippen LogP contribution is 2.16. The molecule has 2 aromatic carbocycles. The van der Waals surface area contributed by atoms with E-state index in [1.807, 2.05) is 30.3 Å². The maximum Gasteiger partial charge on any atom is 0.121 e. The van der Waals surface area contributed by atoms with Crippen LogP contribution in [0, 0.1) is 0 Å². The Morgan fingerprint density at radius 1 is 0.889 bits per heavy atom. The topological polar surface area (TPSA) is 64.7 Å². The van der Waals surface area contributed by atoms with E-state index in [1.165, 1.54) is 0 Å². The number of nitrogen functional groups attached to an aromatic ring is 1. The van der Waals surface area contributed by atoms with Gasteiger partial charge in [-0.15, -0.1) is 0 Å². The first kappa shape index (κ1) is 12.4. The largest absolute Gasteiger partial charge is 0.508 e. The number of hydrogen-bond acceptors (Lipinski definition) is 4. The summed E-state index contributed by atoms with van der Waals surface area (Å²) in [5.41, 5.74) is 7.95. The molecule has 0 aliphatic rings. The Hall–Kier alpha value is -2.04. The highest BCUT2D eigenvalue weighted by molar-refractivity contribution is 5.39. The second kappa shape index (κ2) is 6.05. The molecule has 0 radical (unpaired) electrons. The monoisotopic (exact) mass is 245 g/mol. The van der Waals surface area contributed by atoms with E-state index < -0.39 is 0 Å². The highest BCUT2D eigenvalue weighted by atomic mass is 17.2. The Morgan fingerprint density at radius 3 is 2.28 bits per heavy atom. The Morgan fingerprint density at radius 2 is 1.56 bits per heavy atom. The first-order valence-corrected chi connectivity index (χ1v) is 5.61. The molecule has 18 heavy (non-hydrogen) atoms. The Labute approximate surface area is 106 Å². The fourth-order valence-electron chi connectivity index (χ4n) is 1.46. The van der Waals surface area contributed by atoms with Crippen LogP contribution in [0.4, 0.5) is 5.69 Å². The van der Waals surface area contributed by atoms with Crippen molar-refractivity contribution in [1.29, 1.82) is 0 Å². The summed E-state index contributed by atoms with van der Waals surface area (Å²) in [4.78, 5) is 10.1. The lowest BCUT2D eigenvalue weighted by Crippen LogP contribution is -1.97. The molecule has 0 spiro atoms. The number of para-hydroxylation sites is 1. The van der Waals surface area contributed by atoms with Gasteiger partial charge in [-0.05, 0) is 23.8 Å². The van der Waals surface area contributed by atoms with E-state index in [0.29, 0.717) is 17.9 Å². The van der Waals surface area contributed by atoms with Crippen LogP contribution in [0.1, 0.15) is 11.1 Å². The van der Waals surface area contributed by atoms with Gasteiger partial charge in [-0.3, -0.25) is 0 Å². The van der Waals surface area contributed by atoms with Gasteiger partial charge in [0.05, 0.1) is 0 Å². The quantitative estimate of drug-likeness (QED) is 0.368. The van der Waals surface area contributed by atoms with Gasteiger partial charge >= 0.3 is 0 Å². The standard InChI is InChI=1S/C14H15NO3/c15-13-7-5-11(6-8-13)9-17-18-10-12-3-1-2-4-14(12)16/h1-8,16H,9-10,15H2. The minimum Gasteiger partial charge on any atom is -0.508 e. The lowest BCUT2D eigenvalue weighted by atomic mass is 10.2. The number of nitrogens with two attached hydrogens (primary N) is 1. The van der Waals surface area contributed by atoms with Crippen molar-refractivity contribution in [3.05, 3.63) is 59.7 Å². The summed E-state index contributed by atoms with van der Waals surface area (Å²) in [5.74, 6) is 0.202. The van der Waals surface area contributed by atoms with E-state index in [-0.39, 0.29) is 12.4 Å². The van der Waals surface area contributed by atoms with Gasteiger partial charge in [0.2, 0.25) is 0 Å². The van der Waals surface area contributed by atoms with Crippen molar-refractivity contribution >= 4 is 5.69 Å². The van der Waals surface area contributed by atoms with Crippen molar-refractivity contribution in [2.45, 2.75) is 13.2 Å². The van der Waals surface area contributed by atoms with Gasteiger partial charge in [-0.1, -0.05) is 30.3 Å². The molecule has 4 heteroatoms. The molecule has 0 bridgehead atoms. The van der Waals surface area contributed by atoms with Gasteiger partial charge < -0.3 is 10.8 Å². The first-order valence-electron chi connectivity index (χ1n) is 5.61. The minimum atomic E-state index is 0.202. The number of anilines is 1. The highest BCUT2D eigenvalue weighted by Gasteiger charge is 2.00. The molecule has 94 valence electrons. The number of hydrogen-bond donors (Lipinski definition) is 2. The molecule has 0 aromatic heterocycles. The molecule has 0 saturated heterocycles. The maximum absolute atomic E-state index is 9.51. The molecule has 3 N–H and O–H groups in total. The third-order valence-electron chi connectivity index (χ3n) is 2.49. The van der Waals surface area contributed by atoms with E-state index in [0.717, 1.165) is 5.56 Å². The van der Waals surface area contributed by atoms with Crippen LogP contribution in [0.15, 0.2) is 48.5 Å². The third kappa shape index (κ3) is 3.48. The van der Waals surface area contributed by atoms with E-state index in [2.05, 4.69) is 0 Å². The molecule has 4 nitrogen and oxygen atoms in total. The number of aromatic hydroxyl groups is 1. The van der Waals surface area contributed by atoms with Crippen LogP contribution in [0.3, 0.4) is 0 Å². The number of phenols is 1. The molecule has 0 atom stereocenters. The summed E-state index contributed by atoms with van der Waals surface area (Å²) in [5, 5.41) is 9.51. The van der Waals surface area contributed by atoms with Gasteiger partial charge in [0.25, 0.3) is 0 Å². The Kier molecular flexibility index (Phi) is 4.17. The summed E-state index contributed by atoms with van der Waals surface area (Å²) < 4.78 is 0. The smallest absolute Gasteiger partial charge is 0.121 e. The molecule has 0 unspecified atom stereocenters. The van der Waals surface area contributed by atoms with E-state index in [4.69, 9.17) is 15.5 Å². The number of rotatable bonds is 5. The molecule has 0 heterocycles. The summed E-state index contributed by atoms with van der Waals surface area (Å²) in [6, 6.07) is 14.3. The van der Waals surface area contributed by atoms with Crippen LogP contribution in [0.2, 0.25) is 0 Å². The van der Waals surface area contributed by atoms with Crippen molar-refractivity contribution in [1.82, 2.24) is 0 Å². The minimum absolute atomic E-state index is 0.202. The van der Waals surface area contributed by atoms with E-state index in [9.17, 15) is 5.11 Å². The molecule has 0 saturated carbocycles. The maximum atomic E-state index is 9.51. The zero-order chi connectivity index (χ0) is 12.8. The van der Waals surface area contributed by atoms with Gasteiger partial charge in [-0.25, -0.2) is 9.78 Å². The first-order chi connectivity index (χ1) is 8.75. The van der Waals surface area contributed by atoms with E-state index >= 15 is 0 Å². The molecule has 0 aliphatic carbocycles. The van der Waals surface area contributed by atoms with Crippen LogP contribution in [0.25, 0.3) is 0 Å². The Balaban J connectivity index is 1.76. The van der Waals surface area contributed by atoms with Gasteiger partial charge in [0.1, 0.15) is 19.0 Å². The van der Waals surface area contributed by atoms with Gasteiger partial charge in [0, 0.05) is 11.3 Å². The van der Waals surface area contributed by atoms with Gasteiger partial charge in [-0.2, -0.15) is 0 Å². The zero-order valence-corrected chi connectivity index (χ0v) is 9.87. The molecule has 2 aromatic rings. The lowest BCUT2D eigenvalue weighted by molar-refractivity contribution is -0.313. The molecule has 0 aliphatic heterocycles. The second-order valence-corrected chi connectivity index (χ2v) is 3.89. The number of phenolic OH excluding ortho intramolecular Hbond substituents is 1. The van der Waals surface area contributed by atoms with E-state index in [1.54, 1.807) is 18.2 Å². The van der Waals surface area contributed by atoms with Crippen LogP contribution >= 0.6 is 0 Å². The summed E-state index contributed by atoms with van der Waals surface area (Å²) in [7, 11) is 0. The van der Waals surface area contributed by atoms with Crippen LogP contribution in [-0.2, 0) is 23.0 Å². The molecule has 0 amide bonds. The summed E-state index contributed by atoms with van der Waals surface area (Å²) in [6.45, 7) is 0.551. The molecule has 2 rings (SSSR count). The Bertz CT molecular complexity index is 497. The third-order valence-corrected chi connectivity index (χ3v) is 2.49. The second-order valence-electron chi connectivity index (χ2n) is 3.89. The predicted molar refractivity (Wildman–Crippen MR) is 68.5 cm³/mol. The molecule has 0 fully saturated rings. The predicted octanol–water partition coefficient (Wildman–Crippen LogP) is 2.62. The SMILES string of the molecule is Nc1ccc(COOCc2ccccc2O)cc1. The van der Waals surface area contributed by atoms with Crippen molar-refractivity contribution in [3.63, 3.8) is 0 Å². The van der Waals surface area contributed by atoms with Crippen LogP contribution in [-0.4, -0.2) is 5.11 Å². The number of benzene rings is 2. The van der Waals surface area contributed by atoms with Crippen molar-refractivity contribution in [2.24, 2.45) is 0 Å².